The maximum Gasteiger partial charge on any atom is 0.224 e. The minimum atomic E-state index is 0.0679. The van der Waals surface area contributed by atoms with Crippen LogP contribution in [0.3, 0.4) is 0 Å². The molecule has 7 heteroatoms. The zero-order valence-corrected chi connectivity index (χ0v) is 17.9. The molecule has 1 aromatic carbocycles. The molecule has 2 fully saturated rings. The normalized spacial score (nSPS) is 18.7. The number of aromatic nitrogens is 2. The molecule has 1 amide bonds. The van der Waals surface area contributed by atoms with Crippen LogP contribution < -0.4 is 20.3 Å². The molecule has 1 saturated carbocycles. The van der Waals surface area contributed by atoms with E-state index in [0.717, 1.165) is 61.0 Å². The van der Waals surface area contributed by atoms with Crippen LogP contribution in [-0.4, -0.2) is 42.1 Å². The lowest BCUT2D eigenvalue weighted by molar-refractivity contribution is -0.116. The molecule has 2 aliphatic rings. The van der Waals surface area contributed by atoms with Gasteiger partial charge in [-0.1, -0.05) is 0 Å². The summed E-state index contributed by atoms with van der Waals surface area (Å²) in [6.07, 6.45) is 7.79. The van der Waals surface area contributed by atoms with E-state index in [2.05, 4.69) is 31.6 Å². The molecule has 1 aromatic heterocycles. The molecular weight excluding hydrogens is 378 g/mol. The van der Waals surface area contributed by atoms with Gasteiger partial charge in [0.2, 0.25) is 5.91 Å². The van der Waals surface area contributed by atoms with Crippen LogP contribution >= 0.6 is 0 Å². The first-order chi connectivity index (χ1) is 14.6. The molecule has 2 heterocycles. The van der Waals surface area contributed by atoms with E-state index >= 15 is 0 Å². The van der Waals surface area contributed by atoms with Gasteiger partial charge in [-0.3, -0.25) is 4.79 Å². The fourth-order valence-electron chi connectivity index (χ4n) is 4.00. The van der Waals surface area contributed by atoms with Crippen LogP contribution in [0.15, 0.2) is 30.6 Å². The Morgan fingerprint density at radius 1 is 1.23 bits per heavy atom. The van der Waals surface area contributed by atoms with Crippen molar-refractivity contribution in [1.82, 2.24) is 9.97 Å². The van der Waals surface area contributed by atoms with Gasteiger partial charge in [-0.15, -0.1) is 0 Å². The number of amides is 1. The third-order valence-electron chi connectivity index (χ3n) is 5.91. The summed E-state index contributed by atoms with van der Waals surface area (Å²) in [4.78, 5) is 23.6. The lowest BCUT2D eigenvalue weighted by Gasteiger charge is -2.33. The molecule has 0 spiro atoms. The number of nitrogens with one attached hydrogen (secondary N) is 2. The van der Waals surface area contributed by atoms with Crippen molar-refractivity contribution >= 4 is 23.2 Å². The number of rotatable bonds is 8. The second-order valence-corrected chi connectivity index (χ2v) is 8.40. The molecule has 4 rings (SSSR count). The van der Waals surface area contributed by atoms with Crippen LogP contribution in [0, 0.1) is 12.8 Å². The number of aryl methyl sites for hydroxylation is 1. The average Bonchev–Trinajstić information content (AvgIpc) is 3.58. The van der Waals surface area contributed by atoms with Crippen LogP contribution in [-0.2, 0) is 4.79 Å². The number of piperidine rings is 1. The molecule has 7 nitrogen and oxygen atoms in total. The van der Waals surface area contributed by atoms with Gasteiger partial charge in [0.05, 0.1) is 7.11 Å². The summed E-state index contributed by atoms with van der Waals surface area (Å²) in [7, 11) is 1.65. The molecule has 1 atom stereocenters. The van der Waals surface area contributed by atoms with Crippen molar-refractivity contribution in [2.75, 3.05) is 35.7 Å². The lowest BCUT2D eigenvalue weighted by atomic mass is 9.93. The summed E-state index contributed by atoms with van der Waals surface area (Å²) in [6, 6.07) is 8.34. The Morgan fingerprint density at radius 2 is 2.10 bits per heavy atom. The Labute approximate surface area is 178 Å². The Morgan fingerprint density at radius 3 is 2.87 bits per heavy atom. The van der Waals surface area contributed by atoms with Gasteiger partial charge in [0.15, 0.2) is 0 Å². The highest BCUT2D eigenvalue weighted by atomic mass is 16.5. The van der Waals surface area contributed by atoms with Gasteiger partial charge in [0.25, 0.3) is 0 Å². The molecule has 1 aliphatic carbocycles. The molecule has 30 heavy (non-hydrogen) atoms. The van der Waals surface area contributed by atoms with E-state index in [1.54, 1.807) is 13.4 Å². The molecule has 0 bridgehead atoms. The van der Waals surface area contributed by atoms with Crippen LogP contribution in [0.25, 0.3) is 0 Å². The zero-order chi connectivity index (χ0) is 20.9. The summed E-state index contributed by atoms with van der Waals surface area (Å²) in [6.45, 7) is 3.92. The number of methoxy groups -OCH3 is 1. The van der Waals surface area contributed by atoms with Crippen molar-refractivity contribution in [2.24, 2.45) is 5.92 Å². The molecule has 2 N–H and O–H groups in total. The third-order valence-corrected chi connectivity index (χ3v) is 5.91. The number of nitrogens with zero attached hydrogens (tertiary/aromatic N) is 3. The van der Waals surface area contributed by atoms with Crippen molar-refractivity contribution < 1.29 is 9.53 Å². The number of anilines is 3. The average molecular weight is 410 g/mol. The van der Waals surface area contributed by atoms with Crippen molar-refractivity contribution in [2.45, 2.75) is 51.5 Å². The molecule has 1 saturated heterocycles. The summed E-state index contributed by atoms with van der Waals surface area (Å²) in [5.74, 6) is 3.26. The maximum atomic E-state index is 12.5. The summed E-state index contributed by atoms with van der Waals surface area (Å²) in [5, 5.41) is 6.48. The lowest BCUT2D eigenvalue weighted by Crippen LogP contribution is -2.36. The Balaban J connectivity index is 1.28. The number of hydrogen-bond acceptors (Lipinski definition) is 6. The van der Waals surface area contributed by atoms with E-state index in [0.29, 0.717) is 18.4 Å². The largest absolute Gasteiger partial charge is 0.497 e. The molecule has 160 valence electrons. The molecule has 0 radical (unpaired) electrons. The quantitative estimate of drug-likeness (QED) is 0.686. The number of carbonyl (C=O) groups is 1. The van der Waals surface area contributed by atoms with Crippen LogP contribution in [0.5, 0.6) is 5.75 Å². The Kier molecular flexibility index (Phi) is 6.35. The smallest absolute Gasteiger partial charge is 0.224 e. The van der Waals surface area contributed by atoms with Gasteiger partial charge in [-0.2, -0.15) is 0 Å². The van der Waals surface area contributed by atoms with E-state index in [-0.39, 0.29) is 5.91 Å². The highest BCUT2D eigenvalue weighted by Gasteiger charge is 2.24. The van der Waals surface area contributed by atoms with Gasteiger partial charge in [0, 0.05) is 37.3 Å². The number of benzene rings is 1. The standard InChI is InChI=1S/C23H31N5O2/c1-16-12-19(30-2)8-9-20(16)27-23(29)10-5-17-4-3-11-28(14-17)22-13-21(24-15-25-22)26-18-6-7-18/h8-9,12-13,15,17-18H,3-7,10-11,14H2,1-2H3,(H,27,29)(H,24,25,26)/t17-/m1/s1. The van der Waals surface area contributed by atoms with Crippen LogP contribution in [0.4, 0.5) is 17.3 Å². The first-order valence-corrected chi connectivity index (χ1v) is 10.9. The van der Waals surface area contributed by atoms with Crippen molar-refractivity contribution in [3.05, 3.63) is 36.2 Å². The summed E-state index contributed by atoms with van der Waals surface area (Å²) >= 11 is 0. The fourth-order valence-corrected chi connectivity index (χ4v) is 4.00. The van der Waals surface area contributed by atoms with Crippen molar-refractivity contribution in [1.29, 1.82) is 0 Å². The van der Waals surface area contributed by atoms with E-state index < -0.39 is 0 Å². The number of ether oxygens (including phenoxy) is 1. The van der Waals surface area contributed by atoms with E-state index in [9.17, 15) is 4.79 Å². The molecule has 1 aliphatic heterocycles. The van der Waals surface area contributed by atoms with E-state index in [4.69, 9.17) is 4.74 Å². The number of carbonyl (C=O) groups excluding carboxylic acids is 1. The highest BCUT2D eigenvalue weighted by molar-refractivity contribution is 5.91. The Bertz CT molecular complexity index is 884. The van der Waals surface area contributed by atoms with Crippen LogP contribution in [0.1, 0.15) is 44.1 Å². The van der Waals surface area contributed by atoms with Crippen LogP contribution in [0.2, 0.25) is 0 Å². The van der Waals surface area contributed by atoms with Crippen molar-refractivity contribution in [3.8, 4) is 5.75 Å². The van der Waals surface area contributed by atoms with Gasteiger partial charge >= 0.3 is 0 Å². The highest BCUT2D eigenvalue weighted by Crippen LogP contribution is 2.28. The Hall–Kier alpha value is -2.83. The van der Waals surface area contributed by atoms with Gasteiger partial charge in [-0.05, 0) is 68.7 Å². The molecule has 0 unspecified atom stereocenters. The molecule has 2 aromatic rings. The fraction of sp³-hybridized carbons (Fsp3) is 0.522. The minimum Gasteiger partial charge on any atom is -0.497 e. The molecular formula is C23H31N5O2. The maximum absolute atomic E-state index is 12.5. The second kappa shape index (κ2) is 9.32. The van der Waals surface area contributed by atoms with Gasteiger partial charge in [-0.25, -0.2) is 9.97 Å². The van der Waals surface area contributed by atoms with Gasteiger partial charge in [0.1, 0.15) is 23.7 Å². The topological polar surface area (TPSA) is 79.4 Å². The first kappa shape index (κ1) is 20.4. The predicted octanol–water partition coefficient (Wildman–Crippen LogP) is 4.00. The van der Waals surface area contributed by atoms with E-state index in [1.165, 1.54) is 12.8 Å². The minimum absolute atomic E-state index is 0.0679. The van der Waals surface area contributed by atoms with Crippen molar-refractivity contribution in [3.63, 3.8) is 0 Å². The predicted molar refractivity (Wildman–Crippen MR) is 119 cm³/mol. The summed E-state index contributed by atoms with van der Waals surface area (Å²) < 4.78 is 5.23. The number of hydrogen-bond donors (Lipinski definition) is 2. The first-order valence-electron chi connectivity index (χ1n) is 10.9. The zero-order valence-electron chi connectivity index (χ0n) is 17.9. The van der Waals surface area contributed by atoms with Gasteiger partial charge < -0.3 is 20.3 Å². The van der Waals surface area contributed by atoms with E-state index in [1.807, 2.05) is 25.1 Å². The summed E-state index contributed by atoms with van der Waals surface area (Å²) in [5.41, 5.74) is 1.86. The third kappa shape index (κ3) is 5.40. The monoisotopic (exact) mass is 409 g/mol. The SMILES string of the molecule is COc1ccc(NC(=O)CC[C@H]2CCCN(c3cc(NC4CC4)ncn3)C2)c(C)c1. The second-order valence-electron chi connectivity index (χ2n) is 8.40.